The Bertz CT molecular complexity index is 469. The van der Waals surface area contributed by atoms with Crippen LogP contribution in [-0.2, 0) is 4.79 Å². The molecule has 0 aromatic heterocycles. The second-order valence-corrected chi connectivity index (χ2v) is 5.91. The molecule has 108 valence electrons. The number of nitrogens with two attached hydrogens (primary N) is 1. The van der Waals surface area contributed by atoms with E-state index in [0.29, 0.717) is 12.6 Å². The first-order valence-corrected chi connectivity index (χ1v) is 7.50. The van der Waals surface area contributed by atoms with Crippen LogP contribution in [0.5, 0.6) is 5.75 Å². The van der Waals surface area contributed by atoms with Crippen LogP contribution in [0, 0.1) is 11.8 Å². The Kier molecular flexibility index (Phi) is 3.81. The summed E-state index contributed by atoms with van der Waals surface area (Å²) in [5, 5.41) is 3.67. The monoisotopic (exact) mass is 274 g/mol. The van der Waals surface area contributed by atoms with Gasteiger partial charge in [0.05, 0.1) is 18.7 Å². The second kappa shape index (κ2) is 5.73. The van der Waals surface area contributed by atoms with E-state index >= 15 is 0 Å². The molecular formula is C16H22N2O2. The summed E-state index contributed by atoms with van der Waals surface area (Å²) in [6, 6.07) is 8.56. The lowest BCUT2D eigenvalue weighted by molar-refractivity contribution is -0.118. The summed E-state index contributed by atoms with van der Waals surface area (Å²) in [6.45, 7) is 0.339. The first-order valence-electron chi connectivity index (χ1n) is 7.50. The number of nitrogens with one attached hydrogen (secondary N) is 1. The van der Waals surface area contributed by atoms with Crippen molar-refractivity contribution < 1.29 is 9.53 Å². The molecule has 4 nitrogen and oxygen atoms in total. The van der Waals surface area contributed by atoms with E-state index in [0.717, 1.165) is 23.3 Å². The van der Waals surface area contributed by atoms with E-state index in [1.165, 1.54) is 25.7 Å². The van der Waals surface area contributed by atoms with Crippen molar-refractivity contribution in [3.8, 4) is 5.75 Å². The first kappa shape index (κ1) is 13.3. The molecule has 4 heteroatoms. The lowest BCUT2D eigenvalue weighted by Gasteiger charge is -2.21. The summed E-state index contributed by atoms with van der Waals surface area (Å²) >= 11 is 0. The van der Waals surface area contributed by atoms with Gasteiger partial charge in [0, 0.05) is 6.04 Å². The van der Waals surface area contributed by atoms with Crippen LogP contribution >= 0.6 is 0 Å². The number of primary amides is 1. The minimum absolute atomic E-state index is 0.253. The number of anilines is 1. The number of hydrogen-bond donors (Lipinski definition) is 2. The smallest absolute Gasteiger partial charge is 0.220 e. The van der Waals surface area contributed by atoms with Gasteiger partial charge < -0.3 is 15.8 Å². The molecule has 0 unspecified atom stereocenters. The predicted molar refractivity (Wildman–Crippen MR) is 78.6 cm³/mol. The molecule has 1 aromatic rings. The highest BCUT2D eigenvalue weighted by molar-refractivity contribution is 5.73. The standard InChI is InChI=1S/C16H22N2O2/c17-15(19)9-10-20-14-4-2-1-3-13(14)18-16(11-5-6-11)12-7-8-12/h1-4,11-12,16,18H,5-10H2,(H2,17,19). The molecule has 0 aliphatic heterocycles. The highest BCUT2D eigenvalue weighted by Crippen LogP contribution is 2.46. The minimum Gasteiger partial charge on any atom is -0.491 e. The Morgan fingerprint density at radius 1 is 1.25 bits per heavy atom. The van der Waals surface area contributed by atoms with E-state index < -0.39 is 0 Å². The number of carbonyl (C=O) groups is 1. The van der Waals surface area contributed by atoms with Gasteiger partial charge in [-0.2, -0.15) is 0 Å². The largest absolute Gasteiger partial charge is 0.491 e. The lowest BCUT2D eigenvalue weighted by atomic mass is 10.1. The molecule has 1 amide bonds. The number of hydrogen-bond acceptors (Lipinski definition) is 3. The molecule has 2 fully saturated rings. The van der Waals surface area contributed by atoms with E-state index in [9.17, 15) is 4.79 Å². The number of rotatable bonds is 8. The maximum atomic E-state index is 10.8. The van der Waals surface area contributed by atoms with E-state index in [4.69, 9.17) is 10.5 Å². The third-order valence-corrected chi connectivity index (χ3v) is 4.08. The van der Waals surface area contributed by atoms with Crippen molar-refractivity contribution in [2.24, 2.45) is 17.6 Å². The molecule has 0 atom stereocenters. The summed E-state index contributed by atoms with van der Waals surface area (Å²) in [6.07, 6.45) is 5.64. The van der Waals surface area contributed by atoms with E-state index in [2.05, 4.69) is 11.4 Å². The molecule has 3 N–H and O–H groups in total. The summed E-state index contributed by atoms with van der Waals surface area (Å²) in [5.74, 6) is 2.16. The van der Waals surface area contributed by atoms with Gasteiger partial charge in [0.1, 0.15) is 5.75 Å². The van der Waals surface area contributed by atoms with Gasteiger partial charge in [-0.25, -0.2) is 0 Å². The molecule has 2 aliphatic carbocycles. The van der Waals surface area contributed by atoms with Crippen LogP contribution in [0.25, 0.3) is 0 Å². The van der Waals surface area contributed by atoms with Crippen molar-refractivity contribution >= 4 is 11.6 Å². The van der Waals surface area contributed by atoms with E-state index in [-0.39, 0.29) is 12.3 Å². The zero-order valence-corrected chi connectivity index (χ0v) is 11.7. The van der Waals surface area contributed by atoms with Gasteiger partial charge >= 0.3 is 0 Å². The van der Waals surface area contributed by atoms with Crippen molar-refractivity contribution in [2.75, 3.05) is 11.9 Å². The topological polar surface area (TPSA) is 64.4 Å². The van der Waals surface area contributed by atoms with Gasteiger partial charge in [-0.05, 0) is 49.7 Å². The molecule has 20 heavy (non-hydrogen) atoms. The summed E-state index contributed by atoms with van der Waals surface area (Å²) < 4.78 is 5.69. The molecule has 3 rings (SSSR count). The molecule has 1 aromatic carbocycles. The normalized spacial score (nSPS) is 18.1. The quantitative estimate of drug-likeness (QED) is 0.765. The van der Waals surface area contributed by atoms with Gasteiger partial charge in [0.15, 0.2) is 0 Å². The van der Waals surface area contributed by atoms with Crippen LogP contribution in [0.3, 0.4) is 0 Å². The van der Waals surface area contributed by atoms with Crippen molar-refractivity contribution in [1.29, 1.82) is 0 Å². The van der Waals surface area contributed by atoms with Crippen LogP contribution in [-0.4, -0.2) is 18.6 Å². The number of benzene rings is 1. The van der Waals surface area contributed by atoms with Gasteiger partial charge in [-0.3, -0.25) is 4.79 Å². The highest BCUT2D eigenvalue weighted by atomic mass is 16.5. The van der Waals surface area contributed by atoms with Crippen LogP contribution in [0.15, 0.2) is 24.3 Å². The minimum atomic E-state index is -0.329. The predicted octanol–water partition coefficient (Wildman–Crippen LogP) is 2.54. The molecule has 0 spiro atoms. The van der Waals surface area contributed by atoms with Gasteiger partial charge in [0.2, 0.25) is 5.91 Å². The van der Waals surface area contributed by atoms with Crippen LogP contribution in [0.4, 0.5) is 5.69 Å². The van der Waals surface area contributed by atoms with Crippen molar-refractivity contribution in [3.05, 3.63) is 24.3 Å². The molecule has 0 heterocycles. The fourth-order valence-electron chi connectivity index (χ4n) is 2.68. The molecule has 2 saturated carbocycles. The summed E-state index contributed by atoms with van der Waals surface area (Å²) in [5.41, 5.74) is 6.18. The third-order valence-electron chi connectivity index (χ3n) is 4.08. The van der Waals surface area contributed by atoms with Crippen molar-refractivity contribution in [3.63, 3.8) is 0 Å². The Morgan fingerprint density at radius 2 is 1.90 bits per heavy atom. The summed E-state index contributed by atoms with van der Waals surface area (Å²) in [7, 11) is 0. The van der Waals surface area contributed by atoms with Gasteiger partial charge in [-0.1, -0.05) is 12.1 Å². The fraction of sp³-hybridized carbons (Fsp3) is 0.562. The SMILES string of the molecule is NC(=O)CCOc1ccccc1NC(C1CC1)C1CC1. The van der Waals surface area contributed by atoms with Crippen LogP contribution in [0.1, 0.15) is 32.1 Å². The Morgan fingerprint density at radius 3 is 2.50 bits per heavy atom. The molecule has 0 bridgehead atoms. The number of ether oxygens (including phenoxy) is 1. The molecule has 0 radical (unpaired) electrons. The Balaban J connectivity index is 1.63. The zero-order chi connectivity index (χ0) is 13.9. The number of carbonyl (C=O) groups excluding carboxylic acids is 1. The summed E-state index contributed by atoms with van der Waals surface area (Å²) in [4.78, 5) is 10.8. The average molecular weight is 274 g/mol. The zero-order valence-electron chi connectivity index (χ0n) is 11.7. The van der Waals surface area contributed by atoms with Crippen molar-refractivity contribution in [1.82, 2.24) is 0 Å². The van der Waals surface area contributed by atoms with Gasteiger partial charge in [0.25, 0.3) is 0 Å². The second-order valence-electron chi connectivity index (χ2n) is 5.91. The van der Waals surface area contributed by atoms with Crippen LogP contribution in [0.2, 0.25) is 0 Å². The van der Waals surface area contributed by atoms with E-state index in [1.54, 1.807) is 0 Å². The number of para-hydroxylation sites is 2. The Labute approximate surface area is 119 Å². The first-order chi connectivity index (χ1) is 9.74. The Hall–Kier alpha value is -1.71. The lowest BCUT2D eigenvalue weighted by Crippen LogP contribution is -2.24. The number of amides is 1. The maximum absolute atomic E-state index is 10.8. The molecule has 0 saturated heterocycles. The van der Waals surface area contributed by atoms with Gasteiger partial charge in [-0.15, -0.1) is 0 Å². The fourth-order valence-corrected chi connectivity index (χ4v) is 2.68. The highest BCUT2D eigenvalue weighted by Gasteiger charge is 2.41. The molecule has 2 aliphatic rings. The van der Waals surface area contributed by atoms with Crippen molar-refractivity contribution in [2.45, 2.75) is 38.1 Å². The van der Waals surface area contributed by atoms with Crippen LogP contribution < -0.4 is 15.8 Å². The third kappa shape index (κ3) is 3.44. The van der Waals surface area contributed by atoms with E-state index in [1.807, 2.05) is 18.2 Å². The maximum Gasteiger partial charge on any atom is 0.220 e. The average Bonchev–Trinajstić information content (AvgIpc) is 3.29. The molecular weight excluding hydrogens is 252 g/mol.